The molecule has 0 aliphatic rings. The van der Waals surface area contributed by atoms with Gasteiger partial charge in [-0.1, -0.05) is 101 Å². The number of hydrogen-bond acceptors (Lipinski definition) is 2. The maximum absolute atomic E-state index is 9.52. The number of fused-ring (bicyclic) bond motifs is 4. The molecule has 0 unspecified atom stereocenters. The molecule has 0 bridgehead atoms. The molecule has 3 heteroatoms. The number of para-hydroxylation sites is 2. The van der Waals surface area contributed by atoms with Crippen LogP contribution in [-0.2, 0) is 0 Å². The van der Waals surface area contributed by atoms with Crippen molar-refractivity contribution in [1.82, 2.24) is 0 Å². The van der Waals surface area contributed by atoms with Crippen LogP contribution in [0.15, 0.2) is 106 Å². The lowest BCUT2D eigenvalue weighted by Gasteiger charge is -2.10. The molecule has 0 aliphatic carbocycles. The van der Waals surface area contributed by atoms with E-state index in [-0.39, 0.29) is 35.3 Å². The summed E-state index contributed by atoms with van der Waals surface area (Å²) in [6.45, 7) is 0. The summed E-state index contributed by atoms with van der Waals surface area (Å²) in [5.74, 6) is 0. The molecule has 0 radical (unpaired) electrons. The fourth-order valence-corrected chi connectivity index (χ4v) is 4.65. The summed E-state index contributed by atoms with van der Waals surface area (Å²) in [6.07, 6.45) is 0. The normalized spacial score (nSPS) is 13.0. The SMILES string of the molecule is [2H]c1c([2H])c(-c2cccc3c2oc2c(C#N)cccc23)c([2H])c([2H])c1-c1ccc(Br)c2ccccc12. The highest BCUT2D eigenvalue weighted by atomic mass is 79.9. The smallest absolute Gasteiger partial charge is 0.153 e. The van der Waals surface area contributed by atoms with E-state index in [1.165, 1.54) is 0 Å². The molecule has 0 atom stereocenters. The third-order valence-electron chi connectivity index (χ3n) is 5.68. The first-order valence-corrected chi connectivity index (χ1v) is 10.8. The van der Waals surface area contributed by atoms with Crippen LogP contribution in [0.3, 0.4) is 0 Å². The fraction of sp³-hybridized carbons (Fsp3) is 0. The van der Waals surface area contributed by atoms with Crippen molar-refractivity contribution in [2.75, 3.05) is 0 Å². The molecule has 0 saturated heterocycles. The molecule has 5 aromatic carbocycles. The molecule has 0 spiro atoms. The molecule has 1 heterocycles. The van der Waals surface area contributed by atoms with Crippen molar-refractivity contribution in [3.8, 4) is 28.3 Å². The van der Waals surface area contributed by atoms with E-state index in [2.05, 4.69) is 22.0 Å². The van der Waals surface area contributed by atoms with Crippen LogP contribution in [-0.4, -0.2) is 0 Å². The maximum Gasteiger partial charge on any atom is 0.153 e. The number of rotatable bonds is 2. The van der Waals surface area contributed by atoms with Gasteiger partial charge in [-0.2, -0.15) is 5.26 Å². The Hall–Kier alpha value is -3.87. The van der Waals surface area contributed by atoms with E-state index in [0.29, 0.717) is 27.9 Å². The summed E-state index contributed by atoms with van der Waals surface area (Å²) in [4.78, 5) is 0. The van der Waals surface area contributed by atoms with Crippen LogP contribution in [0.25, 0.3) is 55.0 Å². The minimum atomic E-state index is -0.147. The van der Waals surface area contributed by atoms with Crippen LogP contribution >= 0.6 is 15.9 Å². The number of benzene rings is 5. The van der Waals surface area contributed by atoms with Crippen molar-refractivity contribution in [2.45, 2.75) is 0 Å². The van der Waals surface area contributed by atoms with Crippen molar-refractivity contribution < 1.29 is 9.90 Å². The van der Waals surface area contributed by atoms with E-state index >= 15 is 0 Å². The molecule has 1 aromatic heterocycles. The average molecular weight is 478 g/mol. The summed E-state index contributed by atoms with van der Waals surface area (Å²) in [5, 5.41) is 12.8. The van der Waals surface area contributed by atoms with Crippen molar-refractivity contribution >= 4 is 48.6 Å². The Morgan fingerprint density at radius 2 is 1.28 bits per heavy atom. The molecule has 6 aromatic rings. The van der Waals surface area contributed by atoms with Crippen LogP contribution in [0.4, 0.5) is 0 Å². The van der Waals surface area contributed by atoms with Gasteiger partial charge in [-0.3, -0.25) is 0 Å². The summed E-state index contributed by atoms with van der Waals surface area (Å²) in [7, 11) is 0. The average Bonchev–Trinajstić information content (AvgIpc) is 3.29. The number of nitriles is 1. The second-order valence-electron chi connectivity index (χ2n) is 7.47. The molecule has 32 heavy (non-hydrogen) atoms. The van der Waals surface area contributed by atoms with Gasteiger partial charge >= 0.3 is 0 Å². The Morgan fingerprint density at radius 1 is 0.656 bits per heavy atom. The van der Waals surface area contributed by atoms with E-state index in [0.717, 1.165) is 26.0 Å². The molecule has 0 N–H and O–H groups in total. The van der Waals surface area contributed by atoms with Crippen LogP contribution in [0, 0.1) is 11.3 Å². The van der Waals surface area contributed by atoms with Gasteiger partial charge in [0.15, 0.2) is 5.58 Å². The van der Waals surface area contributed by atoms with Crippen molar-refractivity contribution in [3.63, 3.8) is 0 Å². The lowest BCUT2D eigenvalue weighted by atomic mass is 9.95. The number of nitrogens with zero attached hydrogens (tertiary/aromatic N) is 1. The molecule has 0 saturated carbocycles. The largest absolute Gasteiger partial charge is 0.454 e. The summed E-state index contributed by atoms with van der Waals surface area (Å²) in [5.41, 5.74) is 2.77. The van der Waals surface area contributed by atoms with E-state index in [1.54, 1.807) is 24.3 Å². The zero-order valence-electron chi connectivity index (χ0n) is 20.7. The Balaban J connectivity index is 1.67. The Morgan fingerprint density at radius 3 is 2.03 bits per heavy atom. The zero-order chi connectivity index (χ0) is 25.1. The second-order valence-corrected chi connectivity index (χ2v) is 8.32. The third kappa shape index (κ3) is 2.85. The second kappa shape index (κ2) is 7.37. The first-order chi connectivity index (χ1) is 17.4. The molecular formula is C29H16BrNO. The van der Waals surface area contributed by atoms with E-state index in [1.807, 2.05) is 48.5 Å². The van der Waals surface area contributed by atoms with Gasteiger partial charge in [0.1, 0.15) is 11.7 Å². The third-order valence-corrected chi connectivity index (χ3v) is 6.37. The molecule has 0 fully saturated rings. The van der Waals surface area contributed by atoms with Crippen LogP contribution in [0.2, 0.25) is 0 Å². The van der Waals surface area contributed by atoms with Crippen LogP contribution in [0.5, 0.6) is 0 Å². The molecule has 0 aliphatic heterocycles. The Labute approximate surface area is 199 Å². The quantitative estimate of drug-likeness (QED) is 0.250. The van der Waals surface area contributed by atoms with Gasteiger partial charge in [-0.15, -0.1) is 0 Å². The monoisotopic (exact) mass is 477 g/mol. The molecule has 0 amide bonds. The lowest BCUT2D eigenvalue weighted by Crippen LogP contribution is -1.84. The predicted molar refractivity (Wildman–Crippen MR) is 135 cm³/mol. The van der Waals surface area contributed by atoms with Gasteiger partial charge in [0.2, 0.25) is 0 Å². The lowest BCUT2D eigenvalue weighted by molar-refractivity contribution is 0.668. The highest BCUT2D eigenvalue weighted by Crippen LogP contribution is 2.38. The van der Waals surface area contributed by atoms with Gasteiger partial charge in [0.05, 0.1) is 11.0 Å². The topological polar surface area (TPSA) is 36.9 Å². The van der Waals surface area contributed by atoms with E-state index < -0.39 is 0 Å². The maximum atomic E-state index is 9.52. The summed E-state index contributed by atoms with van der Waals surface area (Å²) < 4.78 is 42.6. The van der Waals surface area contributed by atoms with Gasteiger partial charge in [-0.25, -0.2) is 0 Å². The van der Waals surface area contributed by atoms with Crippen molar-refractivity contribution in [1.29, 1.82) is 5.26 Å². The Kier molecular flexibility index (Phi) is 3.46. The first-order valence-electron chi connectivity index (χ1n) is 12.0. The zero-order valence-corrected chi connectivity index (χ0v) is 18.2. The molecule has 2 nitrogen and oxygen atoms in total. The van der Waals surface area contributed by atoms with Gasteiger partial charge in [-0.05, 0) is 39.6 Å². The minimum absolute atomic E-state index is 0.121. The van der Waals surface area contributed by atoms with Gasteiger partial charge in [0.25, 0.3) is 0 Å². The van der Waals surface area contributed by atoms with Crippen LogP contribution in [0.1, 0.15) is 11.0 Å². The summed E-state index contributed by atoms with van der Waals surface area (Å²) in [6, 6.07) is 23.7. The molecule has 6 rings (SSSR count). The first kappa shape index (κ1) is 15.0. The van der Waals surface area contributed by atoms with Crippen molar-refractivity contribution in [3.05, 3.63) is 107 Å². The van der Waals surface area contributed by atoms with Crippen molar-refractivity contribution in [2.24, 2.45) is 0 Å². The highest BCUT2D eigenvalue weighted by Gasteiger charge is 2.14. The number of halogens is 1. The minimum Gasteiger partial charge on any atom is -0.454 e. The molecular weight excluding hydrogens is 458 g/mol. The van der Waals surface area contributed by atoms with E-state index in [9.17, 15) is 5.26 Å². The van der Waals surface area contributed by atoms with E-state index in [4.69, 9.17) is 9.90 Å². The number of furan rings is 1. The van der Waals surface area contributed by atoms with Gasteiger partial charge < -0.3 is 4.42 Å². The predicted octanol–water partition coefficient (Wildman–Crippen LogP) is 8.71. The van der Waals surface area contributed by atoms with Crippen LogP contribution < -0.4 is 0 Å². The number of hydrogen-bond donors (Lipinski definition) is 0. The fourth-order valence-electron chi connectivity index (χ4n) is 4.17. The Bertz CT molecular complexity index is 1890. The highest BCUT2D eigenvalue weighted by molar-refractivity contribution is 9.10. The van der Waals surface area contributed by atoms with Gasteiger partial charge in [0, 0.05) is 20.8 Å². The summed E-state index contributed by atoms with van der Waals surface area (Å²) >= 11 is 3.56. The molecule has 150 valence electrons. The standard InChI is InChI=1S/C29H16BrNO/c30-27-16-15-21(23-6-1-2-7-24(23)27)18-11-13-19(14-12-18)22-8-4-10-26-25-9-3-5-20(17-31)28(25)32-29(22)26/h1-16H/i11D,12D,13D,14D.